The topological polar surface area (TPSA) is 42.0 Å². The van der Waals surface area contributed by atoms with Gasteiger partial charge in [0.25, 0.3) is 0 Å². The molecule has 100 valence electrons. The second kappa shape index (κ2) is 6.73. The van der Waals surface area contributed by atoms with Gasteiger partial charge in [0.05, 0.1) is 17.1 Å². The number of rotatable bonds is 5. The number of thiol groups is 1. The molecule has 0 saturated heterocycles. The third kappa shape index (κ3) is 4.69. The lowest BCUT2D eigenvalue weighted by Crippen LogP contribution is -2.27. The van der Waals surface area contributed by atoms with Gasteiger partial charge < -0.3 is 5.32 Å². The minimum Gasteiger partial charge on any atom is -0.355 e. The van der Waals surface area contributed by atoms with Gasteiger partial charge in [0, 0.05) is 23.2 Å². The zero-order valence-electron chi connectivity index (χ0n) is 10.7. The van der Waals surface area contributed by atoms with Crippen molar-refractivity contribution in [1.29, 1.82) is 0 Å². The Morgan fingerprint density at radius 2 is 2.11 bits per heavy atom. The summed E-state index contributed by atoms with van der Waals surface area (Å²) in [6.45, 7) is 2.62. The lowest BCUT2D eigenvalue weighted by molar-refractivity contribution is -0.120. The molecule has 1 amide bonds. The van der Waals surface area contributed by atoms with Crippen LogP contribution in [0.4, 0.5) is 0 Å². The third-order valence-corrected chi connectivity index (χ3v) is 3.79. The Kier molecular flexibility index (Phi) is 4.99. The van der Waals surface area contributed by atoms with Crippen LogP contribution in [0.1, 0.15) is 16.3 Å². The number of thiazole rings is 1. The van der Waals surface area contributed by atoms with Crippen LogP contribution in [0, 0.1) is 6.92 Å². The number of amides is 1. The molecule has 0 fully saturated rings. The monoisotopic (exact) mass is 292 g/mol. The number of aromatic nitrogens is 1. The Balaban J connectivity index is 1.74. The molecule has 0 aliphatic heterocycles. The van der Waals surface area contributed by atoms with Gasteiger partial charge in [-0.15, -0.1) is 24.0 Å². The van der Waals surface area contributed by atoms with Crippen molar-refractivity contribution in [3.63, 3.8) is 0 Å². The van der Waals surface area contributed by atoms with Crippen LogP contribution >= 0.6 is 24.0 Å². The predicted molar refractivity (Wildman–Crippen MR) is 81.0 cm³/mol. The van der Waals surface area contributed by atoms with Crippen molar-refractivity contribution >= 4 is 29.9 Å². The van der Waals surface area contributed by atoms with Crippen LogP contribution in [0.15, 0.2) is 34.5 Å². The molecule has 19 heavy (non-hydrogen) atoms. The van der Waals surface area contributed by atoms with E-state index in [0.717, 1.165) is 27.6 Å². The Labute approximate surface area is 122 Å². The first kappa shape index (κ1) is 14.1. The predicted octanol–water partition coefficient (Wildman–Crippen LogP) is 2.64. The number of nitrogens with zero attached hydrogens (tertiary/aromatic N) is 1. The smallest absolute Gasteiger partial charge is 0.224 e. The molecule has 5 heteroatoms. The third-order valence-electron chi connectivity index (χ3n) is 2.67. The van der Waals surface area contributed by atoms with Gasteiger partial charge in [-0.2, -0.15) is 0 Å². The van der Waals surface area contributed by atoms with Crippen molar-refractivity contribution in [1.82, 2.24) is 10.3 Å². The van der Waals surface area contributed by atoms with Crippen LogP contribution in [0.25, 0.3) is 0 Å². The first-order chi connectivity index (χ1) is 9.13. The first-order valence-electron chi connectivity index (χ1n) is 6.09. The number of nitrogens with one attached hydrogen (secondary N) is 1. The van der Waals surface area contributed by atoms with Crippen LogP contribution in [-0.4, -0.2) is 17.4 Å². The van der Waals surface area contributed by atoms with E-state index in [1.807, 2.05) is 36.6 Å². The second-order valence-corrected chi connectivity index (χ2v) is 5.88. The molecule has 0 radical (unpaired) electrons. The maximum absolute atomic E-state index is 11.7. The number of carbonyl (C=O) groups is 1. The molecule has 0 unspecified atom stereocenters. The van der Waals surface area contributed by atoms with E-state index < -0.39 is 0 Å². The molecule has 1 N–H and O–H groups in total. The van der Waals surface area contributed by atoms with Crippen molar-refractivity contribution in [3.8, 4) is 0 Å². The maximum Gasteiger partial charge on any atom is 0.224 e. The van der Waals surface area contributed by atoms with Crippen LogP contribution in [0.3, 0.4) is 0 Å². The number of carbonyl (C=O) groups excluding carboxylic acids is 1. The van der Waals surface area contributed by atoms with Crippen molar-refractivity contribution in [2.75, 3.05) is 6.54 Å². The van der Waals surface area contributed by atoms with Gasteiger partial charge in [-0.3, -0.25) is 4.79 Å². The molecule has 0 saturated carbocycles. The number of benzene rings is 1. The average molecular weight is 292 g/mol. The summed E-state index contributed by atoms with van der Waals surface area (Å²) in [5.74, 6) is 0.0406. The van der Waals surface area contributed by atoms with E-state index in [1.54, 1.807) is 11.3 Å². The molecule has 1 aromatic heterocycles. The summed E-state index contributed by atoms with van der Waals surface area (Å²) in [5, 5.41) is 6.01. The van der Waals surface area contributed by atoms with Gasteiger partial charge in [-0.1, -0.05) is 12.1 Å². The minimum absolute atomic E-state index is 0.0406. The lowest BCUT2D eigenvalue weighted by atomic mass is 10.1. The summed E-state index contributed by atoms with van der Waals surface area (Å²) in [6.07, 6.45) is 1.19. The molecule has 3 nitrogen and oxygen atoms in total. The van der Waals surface area contributed by atoms with E-state index in [-0.39, 0.29) is 5.91 Å². The van der Waals surface area contributed by atoms with Gasteiger partial charge in [-0.25, -0.2) is 4.98 Å². The Morgan fingerprint density at radius 3 is 2.74 bits per heavy atom. The van der Waals surface area contributed by atoms with E-state index in [2.05, 4.69) is 22.9 Å². The number of aryl methyl sites for hydroxylation is 1. The Bertz CT molecular complexity index is 549. The Hall–Kier alpha value is -1.33. The molecule has 0 aliphatic rings. The second-order valence-electron chi connectivity index (χ2n) is 4.30. The highest BCUT2D eigenvalue weighted by atomic mass is 32.1. The molecule has 0 aliphatic carbocycles. The average Bonchev–Trinajstić information content (AvgIpc) is 2.78. The van der Waals surface area contributed by atoms with Crippen molar-refractivity contribution in [2.45, 2.75) is 24.7 Å². The van der Waals surface area contributed by atoms with E-state index >= 15 is 0 Å². The molecule has 0 bridgehead atoms. The van der Waals surface area contributed by atoms with Crippen molar-refractivity contribution in [3.05, 3.63) is 45.9 Å². The fraction of sp³-hybridized carbons (Fsp3) is 0.286. The van der Waals surface area contributed by atoms with Gasteiger partial charge in [0.2, 0.25) is 5.91 Å². The summed E-state index contributed by atoms with van der Waals surface area (Å²) in [6, 6.07) is 7.63. The first-order valence-corrected chi connectivity index (χ1v) is 7.42. The molecule has 1 aromatic carbocycles. The molecule has 1 heterocycles. The summed E-state index contributed by atoms with van der Waals surface area (Å²) in [4.78, 5) is 17.0. The maximum atomic E-state index is 11.7. The molecule has 0 atom stereocenters. The highest BCUT2D eigenvalue weighted by Crippen LogP contribution is 2.09. The molecular formula is C14H16N2OS2. The van der Waals surface area contributed by atoms with Gasteiger partial charge >= 0.3 is 0 Å². The van der Waals surface area contributed by atoms with E-state index in [1.165, 1.54) is 0 Å². The fourth-order valence-corrected chi connectivity index (χ4v) is 2.51. The summed E-state index contributed by atoms with van der Waals surface area (Å²) in [5.41, 5.74) is 2.04. The standard InChI is InChI=1S/C14H16N2OS2/c1-10-16-12(9-19-10)6-7-15-14(17)8-11-2-4-13(18)5-3-11/h2-5,9,18H,6-8H2,1H3,(H,15,17). The number of hydrogen-bond donors (Lipinski definition) is 2. The van der Waals surface area contributed by atoms with E-state index in [4.69, 9.17) is 0 Å². The van der Waals surface area contributed by atoms with E-state index in [9.17, 15) is 4.79 Å². The van der Waals surface area contributed by atoms with Crippen LogP contribution in [-0.2, 0) is 17.6 Å². The minimum atomic E-state index is 0.0406. The molecule has 0 spiro atoms. The molecule has 2 rings (SSSR count). The SMILES string of the molecule is Cc1nc(CCNC(=O)Cc2ccc(S)cc2)cs1. The quantitative estimate of drug-likeness (QED) is 0.832. The van der Waals surface area contributed by atoms with Crippen LogP contribution < -0.4 is 5.32 Å². The van der Waals surface area contributed by atoms with Crippen molar-refractivity contribution in [2.24, 2.45) is 0 Å². The van der Waals surface area contributed by atoms with Gasteiger partial charge in [0.15, 0.2) is 0 Å². The van der Waals surface area contributed by atoms with Gasteiger partial charge in [-0.05, 0) is 24.6 Å². The van der Waals surface area contributed by atoms with Gasteiger partial charge in [0.1, 0.15) is 0 Å². The molecule has 2 aromatic rings. The number of hydrogen-bond acceptors (Lipinski definition) is 4. The highest BCUT2D eigenvalue weighted by molar-refractivity contribution is 7.80. The van der Waals surface area contributed by atoms with E-state index in [0.29, 0.717) is 13.0 Å². The zero-order valence-corrected chi connectivity index (χ0v) is 12.4. The highest BCUT2D eigenvalue weighted by Gasteiger charge is 2.04. The lowest BCUT2D eigenvalue weighted by Gasteiger charge is -2.04. The van der Waals surface area contributed by atoms with Crippen LogP contribution in [0.2, 0.25) is 0 Å². The van der Waals surface area contributed by atoms with Crippen molar-refractivity contribution < 1.29 is 4.79 Å². The largest absolute Gasteiger partial charge is 0.355 e. The Morgan fingerprint density at radius 1 is 1.37 bits per heavy atom. The fourth-order valence-electron chi connectivity index (χ4n) is 1.71. The zero-order chi connectivity index (χ0) is 13.7. The normalized spacial score (nSPS) is 10.4. The summed E-state index contributed by atoms with van der Waals surface area (Å²) in [7, 11) is 0. The summed E-state index contributed by atoms with van der Waals surface area (Å²) < 4.78 is 0. The van der Waals surface area contributed by atoms with Crippen LogP contribution in [0.5, 0.6) is 0 Å². The molecular weight excluding hydrogens is 276 g/mol. The summed E-state index contributed by atoms with van der Waals surface area (Å²) >= 11 is 5.85.